The number of benzene rings is 2. The summed E-state index contributed by atoms with van der Waals surface area (Å²) in [5, 5.41) is 3.63. The van der Waals surface area contributed by atoms with Crippen molar-refractivity contribution in [3.8, 4) is 23.0 Å². The van der Waals surface area contributed by atoms with Crippen LogP contribution in [0.1, 0.15) is 16.8 Å². The molecule has 3 rings (SSSR count). The summed E-state index contributed by atoms with van der Waals surface area (Å²) in [6, 6.07) is 9.40. The van der Waals surface area contributed by atoms with Crippen molar-refractivity contribution >= 4 is 29.4 Å². The molecule has 1 heterocycles. The summed E-state index contributed by atoms with van der Waals surface area (Å²) in [5.41, 5.74) is 3.05. The number of anilines is 1. The number of amides is 3. The smallest absolute Gasteiger partial charge is 0.311 e. The van der Waals surface area contributed by atoms with Gasteiger partial charge in [-0.05, 0) is 24.3 Å². The van der Waals surface area contributed by atoms with Crippen molar-refractivity contribution in [2.75, 3.05) is 46.9 Å². The molecule has 0 saturated carbocycles. The highest BCUT2D eigenvalue weighted by Crippen LogP contribution is 2.29. The van der Waals surface area contributed by atoms with Crippen LogP contribution in [0.5, 0.6) is 23.0 Å². The van der Waals surface area contributed by atoms with Gasteiger partial charge in [-0.25, -0.2) is 0 Å². The molecule has 1 fully saturated rings. The van der Waals surface area contributed by atoms with Gasteiger partial charge in [-0.3, -0.25) is 29.6 Å². The van der Waals surface area contributed by atoms with Crippen LogP contribution in [0, 0.1) is 5.92 Å². The first-order chi connectivity index (χ1) is 17.3. The fourth-order valence-electron chi connectivity index (χ4n) is 3.44. The van der Waals surface area contributed by atoms with Crippen molar-refractivity contribution in [1.29, 1.82) is 0 Å². The Hall–Kier alpha value is -4.48. The molecule has 12 nitrogen and oxygen atoms in total. The van der Waals surface area contributed by atoms with Gasteiger partial charge in [0.1, 0.15) is 23.0 Å². The van der Waals surface area contributed by atoms with Gasteiger partial charge in [0.25, 0.3) is 11.8 Å². The van der Waals surface area contributed by atoms with Gasteiger partial charge in [-0.1, -0.05) is 0 Å². The molecule has 0 spiro atoms. The largest absolute Gasteiger partial charge is 0.497 e. The van der Waals surface area contributed by atoms with Gasteiger partial charge in [0.2, 0.25) is 5.91 Å². The van der Waals surface area contributed by atoms with E-state index in [4.69, 9.17) is 23.7 Å². The number of nitrogens with one attached hydrogen (secondary N) is 2. The maximum atomic E-state index is 12.6. The Bertz CT molecular complexity index is 1130. The number of carbonyl (C=O) groups is 4. The number of methoxy groups -OCH3 is 4. The van der Waals surface area contributed by atoms with Crippen molar-refractivity contribution in [3.63, 3.8) is 0 Å². The standard InChI is InChI=1S/C24H27N3O9/c1-32-16-5-6-19(20(11-16)35-4)25-21(28)13-36-24(31)15-9-22(29)27(12-15)26-23(30)14-7-17(33-2)10-18(8-14)34-3/h5-8,10-11,15H,9,12-13H2,1-4H3,(H,25,28)(H,26,30)/t15-/m0/s1. The number of esters is 1. The van der Waals surface area contributed by atoms with Crippen LogP contribution in [0.4, 0.5) is 5.69 Å². The van der Waals surface area contributed by atoms with E-state index in [1.807, 2.05) is 0 Å². The monoisotopic (exact) mass is 501 g/mol. The Morgan fingerprint density at radius 1 is 0.917 bits per heavy atom. The summed E-state index contributed by atoms with van der Waals surface area (Å²) < 4.78 is 25.7. The van der Waals surface area contributed by atoms with Crippen LogP contribution >= 0.6 is 0 Å². The SMILES string of the molecule is COc1cc(OC)cc(C(=O)NN2C[C@@H](C(=O)OCC(=O)Nc3ccc(OC)cc3OC)CC2=O)c1. The highest BCUT2D eigenvalue weighted by atomic mass is 16.5. The summed E-state index contributed by atoms with van der Waals surface area (Å²) in [6.45, 7) is -0.660. The molecule has 1 atom stereocenters. The Labute approximate surface area is 207 Å². The zero-order chi connectivity index (χ0) is 26.2. The van der Waals surface area contributed by atoms with Crippen LogP contribution in [0.2, 0.25) is 0 Å². The van der Waals surface area contributed by atoms with Crippen LogP contribution in [0.25, 0.3) is 0 Å². The van der Waals surface area contributed by atoms with Crippen LogP contribution in [-0.4, -0.2) is 70.3 Å². The molecule has 2 N–H and O–H groups in total. The molecule has 0 bridgehead atoms. The number of hydrazine groups is 1. The molecule has 0 aromatic heterocycles. The van der Waals surface area contributed by atoms with E-state index in [2.05, 4.69) is 10.7 Å². The number of hydrogen-bond donors (Lipinski definition) is 2. The third kappa shape index (κ3) is 6.34. The van der Waals surface area contributed by atoms with Gasteiger partial charge < -0.3 is 29.0 Å². The summed E-state index contributed by atoms with van der Waals surface area (Å²) in [6.07, 6.45) is -0.172. The van der Waals surface area contributed by atoms with Gasteiger partial charge in [-0.2, -0.15) is 0 Å². The first-order valence-corrected chi connectivity index (χ1v) is 10.8. The molecule has 1 saturated heterocycles. The van der Waals surface area contributed by atoms with Crippen molar-refractivity contribution in [2.45, 2.75) is 6.42 Å². The average Bonchev–Trinajstić information content (AvgIpc) is 3.26. The highest BCUT2D eigenvalue weighted by Gasteiger charge is 2.37. The average molecular weight is 501 g/mol. The second-order valence-corrected chi connectivity index (χ2v) is 7.67. The van der Waals surface area contributed by atoms with Crippen molar-refractivity contribution < 1.29 is 42.9 Å². The van der Waals surface area contributed by atoms with E-state index in [1.165, 1.54) is 40.6 Å². The number of rotatable bonds is 10. The van der Waals surface area contributed by atoms with E-state index in [9.17, 15) is 19.2 Å². The number of hydrogen-bond acceptors (Lipinski definition) is 9. The number of nitrogens with zero attached hydrogens (tertiary/aromatic N) is 1. The summed E-state index contributed by atoms with van der Waals surface area (Å²) in [5.74, 6) is -1.50. The lowest BCUT2D eigenvalue weighted by atomic mass is 10.1. The van der Waals surface area contributed by atoms with Gasteiger partial charge >= 0.3 is 5.97 Å². The molecule has 1 aliphatic rings. The molecule has 36 heavy (non-hydrogen) atoms. The van der Waals surface area contributed by atoms with Crippen LogP contribution in [-0.2, 0) is 19.1 Å². The fourth-order valence-corrected chi connectivity index (χ4v) is 3.44. The Morgan fingerprint density at radius 3 is 2.19 bits per heavy atom. The molecular weight excluding hydrogens is 474 g/mol. The lowest BCUT2D eigenvalue weighted by Crippen LogP contribution is -2.43. The molecule has 2 aromatic rings. The summed E-state index contributed by atoms with van der Waals surface area (Å²) in [7, 11) is 5.84. The van der Waals surface area contributed by atoms with Crippen molar-refractivity contribution in [1.82, 2.24) is 10.4 Å². The third-order valence-corrected chi connectivity index (χ3v) is 5.34. The second kappa shape index (κ2) is 11.8. The van der Waals surface area contributed by atoms with E-state index < -0.39 is 36.2 Å². The van der Waals surface area contributed by atoms with Crippen molar-refractivity contribution in [2.24, 2.45) is 5.92 Å². The number of ether oxygens (including phenoxy) is 5. The highest BCUT2D eigenvalue weighted by molar-refractivity contribution is 5.97. The fraction of sp³-hybridized carbons (Fsp3) is 0.333. The molecule has 0 radical (unpaired) electrons. The van der Waals surface area contributed by atoms with Gasteiger partial charge in [0.15, 0.2) is 6.61 Å². The molecule has 2 aromatic carbocycles. The summed E-state index contributed by atoms with van der Waals surface area (Å²) in [4.78, 5) is 49.7. The molecule has 0 aliphatic carbocycles. The van der Waals surface area contributed by atoms with E-state index >= 15 is 0 Å². The van der Waals surface area contributed by atoms with E-state index in [-0.39, 0.29) is 18.5 Å². The van der Waals surface area contributed by atoms with Crippen molar-refractivity contribution in [3.05, 3.63) is 42.0 Å². The number of carbonyl (C=O) groups excluding carboxylic acids is 4. The molecule has 192 valence electrons. The second-order valence-electron chi connectivity index (χ2n) is 7.67. The van der Waals surface area contributed by atoms with Crippen LogP contribution < -0.4 is 29.7 Å². The quantitative estimate of drug-likeness (QED) is 0.462. The molecular formula is C24H27N3O9. The van der Waals surface area contributed by atoms with Crippen LogP contribution in [0.3, 0.4) is 0 Å². The van der Waals surface area contributed by atoms with E-state index in [0.717, 1.165) is 5.01 Å². The zero-order valence-electron chi connectivity index (χ0n) is 20.3. The lowest BCUT2D eigenvalue weighted by Gasteiger charge is -2.18. The Kier molecular flexibility index (Phi) is 8.55. The van der Waals surface area contributed by atoms with E-state index in [0.29, 0.717) is 28.7 Å². The van der Waals surface area contributed by atoms with Gasteiger partial charge in [0, 0.05) is 24.1 Å². The predicted molar refractivity (Wildman–Crippen MR) is 126 cm³/mol. The molecule has 0 unspecified atom stereocenters. The Morgan fingerprint density at radius 2 is 1.58 bits per heavy atom. The topological polar surface area (TPSA) is 142 Å². The maximum Gasteiger partial charge on any atom is 0.311 e. The third-order valence-electron chi connectivity index (χ3n) is 5.34. The van der Waals surface area contributed by atoms with E-state index in [1.54, 1.807) is 24.3 Å². The van der Waals surface area contributed by atoms with Crippen LogP contribution in [0.15, 0.2) is 36.4 Å². The predicted octanol–water partition coefficient (Wildman–Crippen LogP) is 1.40. The van der Waals surface area contributed by atoms with Gasteiger partial charge in [0.05, 0.1) is 46.6 Å². The first-order valence-electron chi connectivity index (χ1n) is 10.8. The lowest BCUT2D eigenvalue weighted by molar-refractivity contribution is -0.151. The molecule has 3 amide bonds. The van der Waals surface area contributed by atoms with Gasteiger partial charge in [-0.15, -0.1) is 0 Å². The zero-order valence-corrected chi connectivity index (χ0v) is 20.3. The minimum absolute atomic E-state index is 0.0988. The minimum Gasteiger partial charge on any atom is -0.497 e. The minimum atomic E-state index is -0.846. The normalized spacial score (nSPS) is 14.6. The maximum absolute atomic E-state index is 12.6. The Balaban J connectivity index is 1.53. The summed E-state index contributed by atoms with van der Waals surface area (Å²) >= 11 is 0. The molecule has 1 aliphatic heterocycles. The first kappa shape index (κ1) is 26.1. The molecule has 12 heteroatoms.